The molecule has 1 amide bonds. The van der Waals surface area contributed by atoms with Crippen LogP contribution in [0.3, 0.4) is 0 Å². The van der Waals surface area contributed by atoms with Gasteiger partial charge < -0.3 is 20.5 Å². The Kier molecular flexibility index (Phi) is 6.52. The smallest absolute Gasteiger partial charge is 0.344 e. The zero-order valence-electron chi connectivity index (χ0n) is 12.6. The Morgan fingerprint density at radius 3 is 2.71 bits per heavy atom. The second kappa shape index (κ2) is 8.14. The van der Waals surface area contributed by atoms with E-state index in [1.165, 1.54) is 7.11 Å². The largest absolute Gasteiger partial charge is 0.496 e. The van der Waals surface area contributed by atoms with Crippen molar-refractivity contribution in [3.8, 4) is 5.75 Å². The summed E-state index contributed by atoms with van der Waals surface area (Å²) in [5.41, 5.74) is 6.13. The normalized spacial score (nSPS) is 11.6. The van der Waals surface area contributed by atoms with E-state index in [1.54, 1.807) is 18.2 Å². The number of hydrogen-bond donors (Lipinski definition) is 2. The number of nitrogens with two attached hydrogens (primary N) is 1. The first-order chi connectivity index (χ1) is 9.99. The molecule has 0 bridgehead atoms. The molecule has 1 aromatic carbocycles. The Hall–Kier alpha value is -2.24. The van der Waals surface area contributed by atoms with Gasteiger partial charge in [0, 0.05) is 11.7 Å². The molecular formula is C15H22N2O4. The molecule has 0 saturated heterocycles. The van der Waals surface area contributed by atoms with Crippen LogP contribution in [-0.2, 0) is 9.53 Å². The van der Waals surface area contributed by atoms with Crippen LogP contribution in [0.4, 0.5) is 5.69 Å². The van der Waals surface area contributed by atoms with E-state index in [4.69, 9.17) is 15.2 Å². The van der Waals surface area contributed by atoms with Gasteiger partial charge in [-0.25, -0.2) is 4.79 Å². The molecule has 3 N–H and O–H groups in total. The molecule has 1 rings (SSSR count). The summed E-state index contributed by atoms with van der Waals surface area (Å²) in [6, 6.07) is 4.90. The third-order valence-corrected chi connectivity index (χ3v) is 2.95. The molecule has 0 radical (unpaired) electrons. The van der Waals surface area contributed by atoms with Gasteiger partial charge >= 0.3 is 5.97 Å². The summed E-state index contributed by atoms with van der Waals surface area (Å²) in [5.74, 6) is -0.694. The molecule has 0 aliphatic carbocycles. The highest BCUT2D eigenvalue weighted by Gasteiger charge is 2.18. The van der Waals surface area contributed by atoms with Crippen LogP contribution in [0.1, 0.15) is 37.0 Å². The summed E-state index contributed by atoms with van der Waals surface area (Å²) >= 11 is 0. The van der Waals surface area contributed by atoms with E-state index in [0.29, 0.717) is 5.75 Å². The number of benzene rings is 1. The number of rotatable bonds is 7. The predicted molar refractivity (Wildman–Crippen MR) is 80.2 cm³/mol. The van der Waals surface area contributed by atoms with E-state index in [9.17, 15) is 9.59 Å². The van der Waals surface area contributed by atoms with Crippen LogP contribution in [0.25, 0.3) is 0 Å². The fourth-order valence-electron chi connectivity index (χ4n) is 1.96. The average Bonchev–Trinajstić information content (AvgIpc) is 2.44. The van der Waals surface area contributed by atoms with Gasteiger partial charge in [0.15, 0.2) is 6.61 Å². The highest BCUT2D eigenvalue weighted by atomic mass is 16.5. The number of anilines is 1. The molecule has 1 unspecified atom stereocenters. The molecule has 1 atom stereocenters. The Labute approximate surface area is 124 Å². The molecule has 21 heavy (non-hydrogen) atoms. The maximum absolute atomic E-state index is 12.0. The molecule has 0 heterocycles. The van der Waals surface area contributed by atoms with Gasteiger partial charge in [0.2, 0.25) is 0 Å². The van der Waals surface area contributed by atoms with Crippen molar-refractivity contribution in [2.45, 2.75) is 32.7 Å². The fraction of sp³-hybridized carbons (Fsp3) is 0.467. The minimum Gasteiger partial charge on any atom is -0.496 e. The lowest BCUT2D eigenvalue weighted by Gasteiger charge is -2.14. The number of nitrogens with one attached hydrogen (secondary N) is 1. The fourth-order valence-corrected chi connectivity index (χ4v) is 1.96. The van der Waals surface area contributed by atoms with E-state index < -0.39 is 5.97 Å². The molecule has 0 aliphatic heterocycles. The number of methoxy groups -OCH3 is 1. The van der Waals surface area contributed by atoms with Gasteiger partial charge in [-0.15, -0.1) is 0 Å². The SMILES string of the molecule is CCCC(C)NC(=O)COC(=O)c1c(N)cccc1OC. The second-order valence-corrected chi connectivity index (χ2v) is 4.76. The van der Waals surface area contributed by atoms with Crippen LogP contribution < -0.4 is 15.8 Å². The molecule has 6 heteroatoms. The number of carbonyl (C=O) groups excluding carboxylic acids is 2. The number of amides is 1. The number of esters is 1. The quantitative estimate of drug-likeness (QED) is 0.590. The van der Waals surface area contributed by atoms with Crippen molar-refractivity contribution >= 4 is 17.6 Å². The highest BCUT2D eigenvalue weighted by molar-refractivity contribution is 5.99. The summed E-state index contributed by atoms with van der Waals surface area (Å²) in [4.78, 5) is 23.7. The van der Waals surface area contributed by atoms with E-state index >= 15 is 0 Å². The zero-order valence-corrected chi connectivity index (χ0v) is 12.6. The molecular weight excluding hydrogens is 272 g/mol. The molecule has 0 aliphatic rings. The first-order valence-corrected chi connectivity index (χ1v) is 6.88. The van der Waals surface area contributed by atoms with Crippen molar-refractivity contribution in [1.29, 1.82) is 0 Å². The number of nitrogen functional groups attached to an aromatic ring is 1. The molecule has 6 nitrogen and oxygen atoms in total. The van der Waals surface area contributed by atoms with Gasteiger partial charge in [0.1, 0.15) is 11.3 Å². The monoisotopic (exact) mass is 294 g/mol. The van der Waals surface area contributed by atoms with Crippen molar-refractivity contribution in [3.05, 3.63) is 23.8 Å². The van der Waals surface area contributed by atoms with Gasteiger partial charge in [-0.3, -0.25) is 4.79 Å². The lowest BCUT2D eigenvalue weighted by atomic mass is 10.1. The Balaban J connectivity index is 2.60. The van der Waals surface area contributed by atoms with Crippen LogP contribution in [0.5, 0.6) is 5.75 Å². The Morgan fingerprint density at radius 2 is 2.10 bits per heavy atom. The molecule has 0 aromatic heterocycles. The maximum Gasteiger partial charge on any atom is 0.344 e. The number of hydrogen-bond acceptors (Lipinski definition) is 5. The third-order valence-electron chi connectivity index (χ3n) is 2.95. The maximum atomic E-state index is 12.0. The standard InChI is InChI=1S/C15H22N2O4/c1-4-6-10(2)17-13(18)9-21-15(19)14-11(16)7-5-8-12(14)20-3/h5,7-8,10H,4,6,9,16H2,1-3H3,(H,17,18). The molecule has 0 spiro atoms. The Morgan fingerprint density at radius 1 is 1.38 bits per heavy atom. The topological polar surface area (TPSA) is 90.7 Å². The minimum atomic E-state index is -0.678. The third kappa shape index (κ3) is 4.98. The molecule has 1 aromatic rings. The predicted octanol–water partition coefficient (Wildman–Crippen LogP) is 1.74. The van der Waals surface area contributed by atoms with Gasteiger partial charge in [-0.1, -0.05) is 19.4 Å². The summed E-state index contributed by atoms with van der Waals surface area (Å²) < 4.78 is 10.1. The molecule has 0 saturated carbocycles. The van der Waals surface area contributed by atoms with E-state index in [1.807, 2.05) is 13.8 Å². The van der Waals surface area contributed by atoms with Gasteiger partial charge in [-0.05, 0) is 25.5 Å². The summed E-state index contributed by atoms with van der Waals surface area (Å²) in [6.45, 7) is 3.60. The van der Waals surface area contributed by atoms with Crippen LogP contribution in [0, 0.1) is 0 Å². The van der Waals surface area contributed by atoms with Crippen molar-refractivity contribution in [1.82, 2.24) is 5.32 Å². The van der Waals surface area contributed by atoms with Crippen LogP contribution in [0.2, 0.25) is 0 Å². The second-order valence-electron chi connectivity index (χ2n) is 4.76. The summed E-state index contributed by atoms with van der Waals surface area (Å²) in [7, 11) is 1.44. The molecule has 0 fully saturated rings. The van der Waals surface area contributed by atoms with E-state index in [2.05, 4.69) is 5.32 Å². The van der Waals surface area contributed by atoms with Crippen molar-refractivity contribution < 1.29 is 19.1 Å². The summed E-state index contributed by atoms with van der Waals surface area (Å²) in [6.07, 6.45) is 1.85. The highest BCUT2D eigenvalue weighted by Crippen LogP contribution is 2.24. The van der Waals surface area contributed by atoms with Crippen LogP contribution in [0.15, 0.2) is 18.2 Å². The van der Waals surface area contributed by atoms with Crippen LogP contribution >= 0.6 is 0 Å². The van der Waals surface area contributed by atoms with Gasteiger partial charge in [0.05, 0.1) is 7.11 Å². The lowest BCUT2D eigenvalue weighted by Crippen LogP contribution is -2.35. The lowest BCUT2D eigenvalue weighted by molar-refractivity contribution is -0.124. The first kappa shape index (κ1) is 16.8. The molecule has 116 valence electrons. The van der Waals surface area contributed by atoms with Crippen molar-refractivity contribution in [2.75, 3.05) is 19.5 Å². The van der Waals surface area contributed by atoms with Crippen molar-refractivity contribution in [2.24, 2.45) is 0 Å². The van der Waals surface area contributed by atoms with E-state index in [-0.39, 0.29) is 29.8 Å². The zero-order chi connectivity index (χ0) is 15.8. The van der Waals surface area contributed by atoms with Gasteiger partial charge in [-0.2, -0.15) is 0 Å². The van der Waals surface area contributed by atoms with Crippen LogP contribution in [-0.4, -0.2) is 31.6 Å². The van der Waals surface area contributed by atoms with E-state index in [0.717, 1.165) is 12.8 Å². The van der Waals surface area contributed by atoms with Crippen molar-refractivity contribution in [3.63, 3.8) is 0 Å². The number of carbonyl (C=O) groups is 2. The first-order valence-electron chi connectivity index (χ1n) is 6.88. The summed E-state index contributed by atoms with van der Waals surface area (Å²) in [5, 5.41) is 2.75. The minimum absolute atomic E-state index is 0.0533. The van der Waals surface area contributed by atoms with Gasteiger partial charge in [0.25, 0.3) is 5.91 Å². The Bertz CT molecular complexity index is 502. The average molecular weight is 294 g/mol. The number of ether oxygens (including phenoxy) is 2.